The van der Waals surface area contributed by atoms with Gasteiger partial charge in [0.15, 0.2) is 0 Å². The molecule has 98 valence electrons. The van der Waals surface area contributed by atoms with Crippen molar-refractivity contribution in [3.8, 4) is 0 Å². The van der Waals surface area contributed by atoms with Crippen LogP contribution in [0.25, 0.3) is 0 Å². The summed E-state index contributed by atoms with van der Waals surface area (Å²) < 4.78 is 0. The number of carbonyl (C=O) groups excluding carboxylic acids is 1. The van der Waals surface area contributed by atoms with Gasteiger partial charge in [-0.1, -0.05) is 12.5 Å². The van der Waals surface area contributed by atoms with Gasteiger partial charge in [0, 0.05) is 12.6 Å². The summed E-state index contributed by atoms with van der Waals surface area (Å²) in [6, 6.07) is 4.07. The van der Waals surface area contributed by atoms with E-state index in [4.69, 9.17) is 5.73 Å². The van der Waals surface area contributed by atoms with Crippen molar-refractivity contribution in [1.82, 2.24) is 4.98 Å². The first-order valence-electron chi connectivity index (χ1n) is 6.99. The lowest BCUT2D eigenvalue weighted by atomic mass is 9.82. The van der Waals surface area contributed by atoms with Crippen LogP contribution >= 0.6 is 0 Å². The number of fused-ring (bicyclic) bond motifs is 1. The first-order valence-corrected chi connectivity index (χ1v) is 6.99. The number of nitrogens with zero attached hydrogens (tertiary/aromatic N) is 1. The minimum atomic E-state index is 0.0489. The molecule has 2 rings (SSSR count). The maximum absolute atomic E-state index is 12.3. The number of rotatable bonds is 6. The molecule has 1 aliphatic carbocycles. The molecule has 18 heavy (non-hydrogen) atoms. The van der Waals surface area contributed by atoms with Crippen molar-refractivity contribution in [3.05, 3.63) is 29.6 Å². The second kappa shape index (κ2) is 6.64. The van der Waals surface area contributed by atoms with Gasteiger partial charge in [-0.2, -0.15) is 0 Å². The molecule has 1 unspecified atom stereocenters. The monoisotopic (exact) mass is 246 g/mol. The molecule has 0 amide bonds. The summed E-state index contributed by atoms with van der Waals surface area (Å²) in [5.74, 6) is 0.416. The van der Waals surface area contributed by atoms with Crippen LogP contribution in [-0.4, -0.2) is 17.3 Å². The Labute approximate surface area is 109 Å². The molecule has 3 nitrogen and oxygen atoms in total. The highest BCUT2D eigenvalue weighted by atomic mass is 16.1. The van der Waals surface area contributed by atoms with Crippen LogP contribution in [0.3, 0.4) is 0 Å². The molecule has 0 saturated heterocycles. The van der Waals surface area contributed by atoms with Crippen LogP contribution in [0.2, 0.25) is 0 Å². The fourth-order valence-corrected chi connectivity index (χ4v) is 2.72. The zero-order valence-electron chi connectivity index (χ0n) is 10.9. The molecule has 3 heteroatoms. The van der Waals surface area contributed by atoms with Crippen LogP contribution in [-0.2, 0) is 11.2 Å². The van der Waals surface area contributed by atoms with Gasteiger partial charge in [0.25, 0.3) is 0 Å². The lowest BCUT2D eigenvalue weighted by molar-refractivity contribution is -0.121. The van der Waals surface area contributed by atoms with E-state index in [0.717, 1.165) is 50.8 Å². The molecule has 1 aliphatic rings. The van der Waals surface area contributed by atoms with Crippen LogP contribution in [0.4, 0.5) is 0 Å². The lowest BCUT2D eigenvalue weighted by Gasteiger charge is -2.23. The molecule has 0 radical (unpaired) electrons. The molecule has 0 aromatic carbocycles. The highest BCUT2D eigenvalue weighted by molar-refractivity contribution is 5.85. The standard InChI is InChI=1S/C15H22N2O/c16-10-3-1-2-9-14(18)13-8-4-6-12-7-5-11-17-15(12)13/h5,7,11,13H,1-4,6,8-10,16H2. The number of hydrogen-bond acceptors (Lipinski definition) is 3. The smallest absolute Gasteiger partial charge is 0.141 e. The summed E-state index contributed by atoms with van der Waals surface area (Å²) in [4.78, 5) is 16.7. The van der Waals surface area contributed by atoms with Crippen molar-refractivity contribution in [2.75, 3.05) is 6.54 Å². The summed E-state index contributed by atoms with van der Waals surface area (Å²) in [7, 11) is 0. The number of pyridine rings is 1. The predicted molar refractivity (Wildman–Crippen MR) is 72.4 cm³/mol. The number of aromatic nitrogens is 1. The van der Waals surface area contributed by atoms with Crippen LogP contribution < -0.4 is 5.73 Å². The lowest BCUT2D eigenvalue weighted by Crippen LogP contribution is -2.19. The van der Waals surface area contributed by atoms with E-state index in [2.05, 4.69) is 11.1 Å². The Bertz CT molecular complexity index is 403. The summed E-state index contributed by atoms with van der Waals surface area (Å²) >= 11 is 0. The van der Waals surface area contributed by atoms with Crippen molar-refractivity contribution in [2.45, 2.75) is 50.9 Å². The molecule has 1 aromatic rings. The van der Waals surface area contributed by atoms with E-state index in [-0.39, 0.29) is 5.92 Å². The Balaban J connectivity index is 1.95. The van der Waals surface area contributed by atoms with Crippen molar-refractivity contribution >= 4 is 5.78 Å². The van der Waals surface area contributed by atoms with Gasteiger partial charge in [-0.25, -0.2) is 0 Å². The van der Waals surface area contributed by atoms with Crippen molar-refractivity contribution in [3.63, 3.8) is 0 Å². The average Bonchev–Trinajstić information content (AvgIpc) is 2.43. The third kappa shape index (κ3) is 3.16. The molecular weight excluding hydrogens is 224 g/mol. The molecule has 0 bridgehead atoms. The number of Topliss-reactive ketones (excluding diaryl/α,β-unsaturated/α-hetero) is 1. The Morgan fingerprint density at radius 1 is 1.39 bits per heavy atom. The second-order valence-corrected chi connectivity index (χ2v) is 5.06. The number of ketones is 1. The zero-order valence-corrected chi connectivity index (χ0v) is 10.9. The molecular formula is C15H22N2O. The Morgan fingerprint density at radius 3 is 3.11 bits per heavy atom. The van der Waals surface area contributed by atoms with E-state index in [0.29, 0.717) is 12.2 Å². The van der Waals surface area contributed by atoms with Gasteiger partial charge in [-0.3, -0.25) is 9.78 Å². The van der Waals surface area contributed by atoms with Gasteiger partial charge in [0.1, 0.15) is 5.78 Å². The van der Waals surface area contributed by atoms with E-state index < -0.39 is 0 Å². The second-order valence-electron chi connectivity index (χ2n) is 5.06. The van der Waals surface area contributed by atoms with Crippen LogP contribution in [0, 0.1) is 0 Å². The van der Waals surface area contributed by atoms with Crippen LogP contribution in [0.1, 0.15) is 55.7 Å². The molecule has 2 N–H and O–H groups in total. The SMILES string of the molecule is NCCCCCC(=O)C1CCCc2cccnc21. The average molecular weight is 246 g/mol. The van der Waals surface area contributed by atoms with Gasteiger partial charge in [0.2, 0.25) is 0 Å². The molecule has 0 aliphatic heterocycles. The van der Waals surface area contributed by atoms with Crippen molar-refractivity contribution < 1.29 is 4.79 Å². The normalized spacial score (nSPS) is 18.4. The Kier molecular flexibility index (Phi) is 4.88. The quantitative estimate of drug-likeness (QED) is 0.785. The van der Waals surface area contributed by atoms with Crippen molar-refractivity contribution in [1.29, 1.82) is 0 Å². The molecule has 1 atom stereocenters. The summed E-state index contributed by atoms with van der Waals surface area (Å²) in [5.41, 5.74) is 7.76. The van der Waals surface area contributed by atoms with Crippen molar-refractivity contribution in [2.24, 2.45) is 5.73 Å². The molecule has 1 aromatic heterocycles. The van der Waals surface area contributed by atoms with E-state index in [1.54, 1.807) is 6.20 Å². The Morgan fingerprint density at radius 2 is 2.28 bits per heavy atom. The third-order valence-electron chi connectivity index (χ3n) is 3.71. The first-order chi connectivity index (χ1) is 8.83. The zero-order chi connectivity index (χ0) is 12.8. The number of nitrogens with two attached hydrogens (primary N) is 1. The number of aryl methyl sites for hydroxylation is 1. The van der Waals surface area contributed by atoms with Gasteiger partial charge in [-0.05, 0) is 50.3 Å². The number of carbonyl (C=O) groups is 1. The van der Waals surface area contributed by atoms with Gasteiger partial charge < -0.3 is 5.73 Å². The van der Waals surface area contributed by atoms with E-state index in [9.17, 15) is 4.79 Å². The summed E-state index contributed by atoms with van der Waals surface area (Å²) in [6.45, 7) is 0.724. The highest BCUT2D eigenvalue weighted by Crippen LogP contribution is 2.31. The predicted octanol–water partition coefficient (Wildman–Crippen LogP) is 2.59. The molecule has 1 heterocycles. The highest BCUT2D eigenvalue weighted by Gasteiger charge is 2.26. The summed E-state index contributed by atoms with van der Waals surface area (Å²) in [5, 5.41) is 0. The van der Waals surface area contributed by atoms with E-state index in [1.165, 1.54) is 5.56 Å². The Hall–Kier alpha value is -1.22. The maximum atomic E-state index is 12.3. The topological polar surface area (TPSA) is 56.0 Å². The van der Waals surface area contributed by atoms with Gasteiger partial charge in [-0.15, -0.1) is 0 Å². The number of hydrogen-bond donors (Lipinski definition) is 1. The molecule has 0 fully saturated rings. The van der Waals surface area contributed by atoms with Crippen LogP contribution in [0.15, 0.2) is 18.3 Å². The van der Waals surface area contributed by atoms with Gasteiger partial charge in [0.05, 0.1) is 11.6 Å². The fraction of sp³-hybridized carbons (Fsp3) is 0.600. The minimum absolute atomic E-state index is 0.0489. The van der Waals surface area contributed by atoms with E-state index in [1.807, 2.05) is 6.07 Å². The van der Waals surface area contributed by atoms with Crippen LogP contribution in [0.5, 0.6) is 0 Å². The fourth-order valence-electron chi connectivity index (χ4n) is 2.72. The summed E-state index contributed by atoms with van der Waals surface area (Å²) in [6.07, 6.45) is 8.68. The minimum Gasteiger partial charge on any atom is -0.330 e. The molecule has 0 saturated carbocycles. The largest absolute Gasteiger partial charge is 0.330 e. The maximum Gasteiger partial charge on any atom is 0.141 e. The van der Waals surface area contributed by atoms with E-state index >= 15 is 0 Å². The van der Waals surface area contributed by atoms with Gasteiger partial charge >= 0.3 is 0 Å². The first kappa shape index (κ1) is 13.2. The number of unbranched alkanes of at least 4 members (excludes halogenated alkanes) is 2. The molecule has 0 spiro atoms. The third-order valence-corrected chi connectivity index (χ3v) is 3.71.